The summed E-state index contributed by atoms with van der Waals surface area (Å²) in [4.78, 5) is 26.7. The Kier molecular flexibility index (Phi) is 5.15. The topological polar surface area (TPSA) is 72.8 Å². The molecule has 1 fully saturated rings. The van der Waals surface area contributed by atoms with E-state index in [4.69, 9.17) is 4.98 Å². The van der Waals surface area contributed by atoms with Crippen molar-refractivity contribution in [3.63, 3.8) is 0 Å². The molecule has 8 heteroatoms. The Bertz CT molecular complexity index is 980. The van der Waals surface area contributed by atoms with Crippen LogP contribution in [0.25, 0.3) is 20.8 Å². The normalized spacial score (nSPS) is 15.1. The van der Waals surface area contributed by atoms with Crippen molar-refractivity contribution in [3.8, 4) is 10.6 Å². The number of fused-ring (bicyclic) bond motifs is 1. The minimum atomic E-state index is -0.949. The summed E-state index contributed by atoms with van der Waals surface area (Å²) in [6.07, 6.45) is 0.928. The molecule has 0 radical (unpaired) electrons. The molecule has 1 saturated heterocycles. The number of likely N-dealkylation sites (N-methyl/N-ethyl adjacent to an activating group) is 1. The van der Waals surface area contributed by atoms with Gasteiger partial charge in [-0.1, -0.05) is 0 Å². The van der Waals surface area contributed by atoms with E-state index in [1.807, 2.05) is 25.3 Å². The fourth-order valence-electron chi connectivity index (χ4n) is 3.37. The van der Waals surface area contributed by atoms with E-state index >= 15 is 0 Å². The van der Waals surface area contributed by atoms with Crippen LogP contribution in [0, 0.1) is 0 Å². The highest BCUT2D eigenvalue weighted by molar-refractivity contribution is 7.21. The predicted octanol–water partition coefficient (Wildman–Crippen LogP) is 3.61. The molecule has 146 valence electrons. The zero-order chi connectivity index (χ0) is 19.7. The molecule has 3 aromatic rings. The minimum Gasteiger partial charge on any atom is -0.465 e. The minimum absolute atomic E-state index is 0.407. The maximum Gasteiger partial charge on any atom is 0.411 e. The van der Waals surface area contributed by atoms with E-state index in [9.17, 15) is 9.90 Å². The van der Waals surface area contributed by atoms with Gasteiger partial charge in [0.15, 0.2) is 0 Å². The summed E-state index contributed by atoms with van der Waals surface area (Å²) in [6, 6.07) is 9.69. The number of piperazine rings is 1. The summed E-state index contributed by atoms with van der Waals surface area (Å²) in [6.45, 7) is 6.31. The van der Waals surface area contributed by atoms with E-state index in [0.29, 0.717) is 12.2 Å². The largest absolute Gasteiger partial charge is 0.465 e. The predicted molar refractivity (Wildman–Crippen MR) is 114 cm³/mol. The Morgan fingerprint density at radius 1 is 1.21 bits per heavy atom. The van der Waals surface area contributed by atoms with Crippen LogP contribution in [0.4, 0.5) is 16.3 Å². The van der Waals surface area contributed by atoms with Gasteiger partial charge >= 0.3 is 6.09 Å². The monoisotopic (exact) mass is 397 g/mol. The number of carboxylic acid groups (broad SMARTS) is 1. The lowest BCUT2D eigenvalue weighted by atomic mass is 10.2. The first kappa shape index (κ1) is 18.6. The lowest BCUT2D eigenvalue weighted by Crippen LogP contribution is -2.44. The molecule has 0 bridgehead atoms. The summed E-state index contributed by atoms with van der Waals surface area (Å²) in [5.74, 6) is 1.00. The molecule has 1 aliphatic heterocycles. The Morgan fingerprint density at radius 2 is 2.00 bits per heavy atom. The van der Waals surface area contributed by atoms with Crippen LogP contribution in [0.3, 0.4) is 0 Å². The number of hydrogen-bond donors (Lipinski definition) is 1. The Labute approximate surface area is 167 Å². The third kappa shape index (κ3) is 3.65. The Morgan fingerprint density at radius 3 is 2.64 bits per heavy atom. The van der Waals surface area contributed by atoms with Gasteiger partial charge < -0.3 is 14.9 Å². The molecule has 1 amide bonds. The molecule has 0 spiro atoms. The van der Waals surface area contributed by atoms with Gasteiger partial charge in [0.25, 0.3) is 0 Å². The second-order valence-electron chi connectivity index (χ2n) is 6.89. The van der Waals surface area contributed by atoms with Gasteiger partial charge in [0.2, 0.25) is 0 Å². The molecule has 1 N–H and O–H groups in total. The van der Waals surface area contributed by atoms with Crippen molar-refractivity contribution >= 4 is 39.2 Å². The molecule has 1 aliphatic rings. The number of hydrogen-bond acceptors (Lipinski definition) is 6. The van der Waals surface area contributed by atoms with Crippen LogP contribution in [0.5, 0.6) is 0 Å². The van der Waals surface area contributed by atoms with Crippen LogP contribution in [-0.2, 0) is 0 Å². The molecule has 2 aromatic heterocycles. The molecular weight excluding hydrogens is 374 g/mol. The molecule has 0 saturated carbocycles. The summed E-state index contributed by atoms with van der Waals surface area (Å²) in [7, 11) is 2.14. The molecular formula is C20H23N5O2S. The van der Waals surface area contributed by atoms with E-state index in [-0.39, 0.29) is 0 Å². The second kappa shape index (κ2) is 7.73. The van der Waals surface area contributed by atoms with Gasteiger partial charge in [-0.15, -0.1) is 11.3 Å². The summed E-state index contributed by atoms with van der Waals surface area (Å²) < 4.78 is 0.968. The zero-order valence-electron chi connectivity index (χ0n) is 16.0. The molecule has 1 aromatic carbocycles. The second-order valence-corrected chi connectivity index (χ2v) is 7.92. The molecule has 4 rings (SSSR count). The van der Waals surface area contributed by atoms with Crippen LogP contribution in [0.1, 0.15) is 6.92 Å². The number of amides is 1. The van der Waals surface area contributed by atoms with Gasteiger partial charge in [-0.25, -0.2) is 14.8 Å². The van der Waals surface area contributed by atoms with Crippen molar-refractivity contribution in [2.45, 2.75) is 6.92 Å². The lowest BCUT2D eigenvalue weighted by Gasteiger charge is -2.33. The summed E-state index contributed by atoms with van der Waals surface area (Å²) in [5.41, 5.74) is 2.51. The van der Waals surface area contributed by atoms with Crippen molar-refractivity contribution in [2.24, 2.45) is 0 Å². The Balaban J connectivity index is 1.58. The van der Waals surface area contributed by atoms with Crippen LogP contribution in [-0.4, -0.2) is 65.8 Å². The van der Waals surface area contributed by atoms with E-state index < -0.39 is 6.09 Å². The number of aromatic nitrogens is 2. The average Bonchev–Trinajstić information content (AvgIpc) is 3.12. The average molecular weight is 398 g/mol. The van der Waals surface area contributed by atoms with E-state index in [2.05, 4.69) is 34.0 Å². The van der Waals surface area contributed by atoms with Gasteiger partial charge in [-0.05, 0) is 44.3 Å². The highest BCUT2D eigenvalue weighted by Crippen LogP contribution is 2.33. The van der Waals surface area contributed by atoms with Crippen molar-refractivity contribution in [1.29, 1.82) is 0 Å². The van der Waals surface area contributed by atoms with Crippen molar-refractivity contribution in [1.82, 2.24) is 14.9 Å². The van der Waals surface area contributed by atoms with Crippen molar-refractivity contribution in [2.75, 3.05) is 49.6 Å². The Hall–Kier alpha value is -2.71. The van der Waals surface area contributed by atoms with Crippen molar-refractivity contribution in [3.05, 3.63) is 36.5 Å². The fraction of sp³-hybridized carbons (Fsp3) is 0.350. The SMILES string of the molecule is CCN(C(=O)O)c1ccc2nc(-c3ccc(N4CCN(C)CC4)nc3)sc2c1. The maximum atomic E-state index is 11.4. The van der Waals surface area contributed by atoms with Gasteiger partial charge in [0.05, 0.1) is 10.2 Å². The molecule has 0 atom stereocenters. The number of nitrogens with zero attached hydrogens (tertiary/aromatic N) is 5. The smallest absolute Gasteiger partial charge is 0.411 e. The number of carbonyl (C=O) groups is 1. The zero-order valence-corrected chi connectivity index (χ0v) is 16.8. The standard InChI is InChI=1S/C20H23N5O2S/c1-3-25(20(26)27)15-5-6-16-17(12-15)28-19(22-16)14-4-7-18(21-13-14)24-10-8-23(2)9-11-24/h4-7,12-13H,3,8-11H2,1-2H3,(H,26,27). The number of benzene rings is 1. The highest BCUT2D eigenvalue weighted by Gasteiger charge is 2.17. The van der Waals surface area contributed by atoms with Crippen molar-refractivity contribution < 1.29 is 9.90 Å². The lowest BCUT2D eigenvalue weighted by molar-refractivity contribution is 0.202. The molecule has 0 aliphatic carbocycles. The van der Waals surface area contributed by atoms with Crippen LogP contribution >= 0.6 is 11.3 Å². The molecule has 28 heavy (non-hydrogen) atoms. The number of rotatable bonds is 4. The van der Waals surface area contributed by atoms with E-state index in [1.54, 1.807) is 17.4 Å². The van der Waals surface area contributed by atoms with Crippen LogP contribution in [0.2, 0.25) is 0 Å². The van der Waals surface area contributed by atoms with Gasteiger partial charge in [0.1, 0.15) is 10.8 Å². The summed E-state index contributed by atoms with van der Waals surface area (Å²) in [5, 5.41) is 10.2. The number of thiazole rings is 1. The van der Waals surface area contributed by atoms with Gasteiger partial charge in [-0.2, -0.15) is 0 Å². The first-order valence-corrected chi connectivity index (χ1v) is 10.2. The van der Waals surface area contributed by atoms with Gasteiger partial charge in [0, 0.05) is 50.2 Å². The number of anilines is 2. The first-order chi connectivity index (χ1) is 13.5. The van der Waals surface area contributed by atoms with Crippen LogP contribution in [0.15, 0.2) is 36.5 Å². The molecule has 7 nitrogen and oxygen atoms in total. The van der Waals surface area contributed by atoms with Gasteiger partial charge in [-0.3, -0.25) is 4.90 Å². The van der Waals surface area contributed by atoms with E-state index in [0.717, 1.165) is 52.8 Å². The highest BCUT2D eigenvalue weighted by atomic mass is 32.1. The summed E-state index contributed by atoms with van der Waals surface area (Å²) >= 11 is 1.55. The molecule has 0 unspecified atom stereocenters. The first-order valence-electron chi connectivity index (χ1n) is 9.36. The third-order valence-electron chi connectivity index (χ3n) is 5.05. The van der Waals surface area contributed by atoms with E-state index in [1.165, 1.54) is 4.90 Å². The third-order valence-corrected chi connectivity index (χ3v) is 6.12. The molecule has 3 heterocycles. The van der Waals surface area contributed by atoms with Crippen LogP contribution < -0.4 is 9.80 Å². The quantitative estimate of drug-likeness (QED) is 0.725. The fourth-order valence-corrected chi connectivity index (χ4v) is 4.36. The number of pyridine rings is 1. The maximum absolute atomic E-state index is 11.4.